The molecule has 2 atom stereocenters. The third-order valence-electron chi connectivity index (χ3n) is 7.35. The minimum Gasteiger partial charge on any atom is -0.299 e. The number of hydrogen-bond donors (Lipinski definition) is 2. The molecule has 7 nitrogen and oxygen atoms in total. The molecule has 2 aromatic heterocycles. The molecule has 0 spiro atoms. The van der Waals surface area contributed by atoms with Crippen molar-refractivity contribution in [3.63, 3.8) is 0 Å². The van der Waals surface area contributed by atoms with Gasteiger partial charge in [0.2, 0.25) is 11.8 Å². The van der Waals surface area contributed by atoms with Crippen LogP contribution in [0, 0.1) is 0 Å². The summed E-state index contributed by atoms with van der Waals surface area (Å²) in [5.41, 5.74) is 3.69. The number of carbonyl (C=O) groups is 2. The molecule has 176 valence electrons. The first-order valence-electron chi connectivity index (χ1n) is 11.9. The summed E-state index contributed by atoms with van der Waals surface area (Å²) in [6, 6.07) is 8.39. The largest absolute Gasteiger partial charge is 0.299 e. The minimum atomic E-state index is -0.300. The number of nitrogens with one attached hydrogen (secondary N) is 1. The summed E-state index contributed by atoms with van der Waals surface area (Å²) in [4.78, 5) is 39.0. The lowest BCUT2D eigenvalue weighted by molar-refractivity contribution is -0.137. The zero-order valence-electron chi connectivity index (χ0n) is 18.8. The molecule has 34 heavy (non-hydrogen) atoms. The Balaban J connectivity index is 1.09. The van der Waals surface area contributed by atoms with Crippen molar-refractivity contribution in [3.05, 3.63) is 58.4 Å². The van der Waals surface area contributed by atoms with E-state index in [1.165, 1.54) is 11.1 Å². The summed E-state index contributed by atoms with van der Waals surface area (Å²) in [7, 11) is 0. The smallest absolute Gasteiger partial charge is 0.243 e. The number of fused-ring (bicyclic) bond motifs is 2. The van der Waals surface area contributed by atoms with Gasteiger partial charge in [0.25, 0.3) is 0 Å². The molecule has 0 saturated carbocycles. The first-order chi connectivity index (χ1) is 16.5. The van der Waals surface area contributed by atoms with E-state index >= 15 is 0 Å². The molecule has 0 radical (unpaired) electrons. The zero-order valence-corrected chi connectivity index (χ0v) is 20.5. The molecule has 5 heterocycles. The Labute approximate surface area is 208 Å². The predicted octanol–water partition coefficient (Wildman–Crippen LogP) is 3.62. The summed E-state index contributed by atoms with van der Waals surface area (Å²) in [6.07, 6.45) is 5.05. The summed E-state index contributed by atoms with van der Waals surface area (Å²) < 4.78 is 0. The number of imide groups is 1. The van der Waals surface area contributed by atoms with Gasteiger partial charge in [0, 0.05) is 37.0 Å². The summed E-state index contributed by atoms with van der Waals surface area (Å²) in [5.74, 6) is 1.03. The van der Waals surface area contributed by atoms with Crippen molar-refractivity contribution >= 4 is 46.0 Å². The van der Waals surface area contributed by atoms with Gasteiger partial charge < -0.3 is 0 Å². The molecule has 2 amide bonds. The predicted molar refractivity (Wildman–Crippen MR) is 135 cm³/mol. The van der Waals surface area contributed by atoms with E-state index in [1.807, 2.05) is 6.20 Å². The second-order valence-electron chi connectivity index (χ2n) is 9.51. The van der Waals surface area contributed by atoms with Crippen LogP contribution in [0.15, 0.2) is 35.8 Å². The Morgan fingerprint density at radius 1 is 1.15 bits per heavy atom. The third-order valence-corrected chi connectivity index (χ3v) is 8.75. The van der Waals surface area contributed by atoms with Crippen molar-refractivity contribution in [3.8, 4) is 0 Å². The first kappa shape index (κ1) is 22.2. The van der Waals surface area contributed by atoms with Crippen molar-refractivity contribution < 1.29 is 9.59 Å². The lowest BCUT2D eigenvalue weighted by Gasteiger charge is -2.32. The minimum absolute atomic E-state index is 0.121. The second kappa shape index (κ2) is 9.03. The normalized spacial score (nSPS) is 24.5. The number of amides is 2. The van der Waals surface area contributed by atoms with Crippen LogP contribution >= 0.6 is 24.0 Å². The second-order valence-corrected chi connectivity index (χ2v) is 10.9. The van der Waals surface area contributed by atoms with Crippen molar-refractivity contribution in [2.75, 3.05) is 13.1 Å². The fourth-order valence-electron chi connectivity index (χ4n) is 5.46. The van der Waals surface area contributed by atoms with Gasteiger partial charge in [-0.15, -0.1) is 11.3 Å². The monoisotopic (exact) mass is 493 g/mol. The quantitative estimate of drug-likeness (QED) is 0.427. The van der Waals surface area contributed by atoms with Gasteiger partial charge in [-0.3, -0.25) is 24.7 Å². The molecule has 1 aromatic carbocycles. The number of likely N-dealkylation sites (tertiary alicyclic amines) is 1. The number of thiophene rings is 1. The van der Waals surface area contributed by atoms with Crippen LogP contribution in [-0.2, 0) is 22.7 Å². The number of thiol groups is 1. The molecule has 3 aliphatic heterocycles. The third kappa shape index (κ3) is 4.15. The number of aromatic nitrogens is 2. The van der Waals surface area contributed by atoms with Crippen molar-refractivity contribution in [1.29, 1.82) is 0 Å². The molecule has 3 aromatic rings. The van der Waals surface area contributed by atoms with Crippen LogP contribution in [0.3, 0.4) is 0 Å². The van der Waals surface area contributed by atoms with Crippen LogP contribution in [0.5, 0.6) is 0 Å². The van der Waals surface area contributed by atoms with E-state index in [4.69, 9.17) is 17.6 Å². The Morgan fingerprint density at radius 2 is 2.00 bits per heavy atom. The van der Waals surface area contributed by atoms with Crippen LogP contribution in [0.4, 0.5) is 0 Å². The van der Waals surface area contributed by atoms with E-state index in [1.54, 1.807) is 11.3 Å². The lowest BCUT2D eigenvalue weighted by Crippen LogP contribution is -2.51. The molecule has 2 fully saturated rings. The maximum atomic E-state index is 12.4. The molecular weight excluding hydrogens is 466 g/mol. The Kier molecular flexibility index (Phi) is 5.89. The molecular formula is C25H27N5O2S2. The van der Waals surface area contributed by atoms with E-state index in [9.17, 15) is 9.59 Å². The molecule has 1 N–H and O–H groups in total. The highest BCUT2D eigenvalue weighted by Crippen LogP contribution is 2.39. The van der Waals surface area contributed by atoms with Crippen molar-refractivity contribution in [2.45, 2.75) is 56.1 Å². The van der Waals surface area contributed by atoms with Crippen LogP contribution in [0.2, 0.25) is 0 Å². The van der Waals surface area contributed by atoms with Gasteiger partial charge in [0.1, 0.15) is 10.7 Å². The number of hydrogen-bond acceptors (Lipinski definition) is 8. The first-order valence-corrected chi connectivity index (χ1v) is 13.3. The average Bonchev–Trinajstić information content (AvgIpc) is 3.43. The highest BCUT2D eigenvalue weighted by molar-refractivity contribution is 7.80. The Morgan fingerprint density at radius 3 is 2.82 bits per heavy atom. The summed E-state index contributed by atoms with van der Waals surface area (Å²) >= 11 is 6.49. The van der Waals surface area contributed by atoms with Gasteiger partial charge in [-0.25, -0.2) is 9.97 Å². The number of benzene rings is 1. The van der Waals surface area contributed by atoms with Crippen LogP contribution < -0.4 is 5.32 Å². The fourth-order valence-corrected chi connectivity index (χ4v) is 6.70. The molecule has 0 aliphatic carbocycles. The highest BCUT2D eigenvalue weighted by Gasteiger charge is 2.39. The number of nitrogens with zero attached hydrogens (tertiary/aromatic N) is 4. The molecule has 2 saturated heterocycles. The average molecular weight is 494 g/mol. The fraction of sp³-hybridized carbons (Fsp3) is 0.440. The zero-order chi connectivity index (χ0) is 23.2. The number of carbonyl (C=O) groups excluding carboxylic acids is 2. The van der Waals surface area contributed by atoms with E-state index in [2.05, 4.69) is 49.7 Å². The van der Waals surface area contributed by atoms with Crippen molar-refractivity contribution in [1.82, 2.24) is 25.1 Å². The molecule has 0 bridgehead atoms. The Hall–Kier alpha value is -2.33. The highest BCUT2D eigenvalue weighted by atomic mass is 32.1. The molecule has 2 unspecified atom stereocenters. The summed E-state index contributed by atoms with van der Waals surface area (Å²) in [6.45, 7) is 3.67. The van der Waals surface area contributed by atoms with E-state index < -0.39 is 0 Å². The van der Waals surface area contributed by atoms with Crippen LogP contribution in [-0.4, -0.2) is 50.7 Å². The number of rotatable bonds is 4. The van der Waals surface area contributed by atoms with Crippen LogP contribution in [0.25, 0.3) is 10.2 Å². The topological polar surface area (TPSA) is 78.4 Å². The van der Waals surface area contributed by atoms with E-state index in [-0.39, 0.29) is 23.2 Å². The number of piperidine rings is 2. The molecule has 6 rings (SSSR count). The lowest BCUT2D eigenvalue weighted by atomic mass is 9.95. The van der Waals surface area contributed by atoms with Gasteiger partial charge in [0.05, 0.1) is 11.4 Å². The van der Waals surface area contributed by atoms with E-state index in [0.717, 1.165) is 54.1 Å². The standard InChI is InChI=1S/C25H27N5O2S2/c31-21-4-3-20(23(32)27-21)30-14-18-11-15(1-2-19(18)25(30)33)13-29-8-5-16(6-9-29)22-26-12-17-7-10-34-24(17)28-22/h1-2,7,10-12,16,20,25,33H,3-6,8-9,13-14H2,(H,27,31,32). The molecule has 9 heteroatoms. The van der Waals surface area contributed by atoms with Gasteiger partial charge in [-0.2, -0.15) is 12.6 Å². The van der Waals surface area contributed by atoms with Gasteiger partial charge in [-0.1, -0.05) is 18.2 Å². The van der Waals surface area contributed by atoms with Gasteiger partial charge in [0.15, 0.2) is 0 Å². The van der Waals surface area contributed by atoms with E-state index in [0.29, 0.717) is 25.3 Å². The van der Waals surface area contributed by atoms with Crippen LogP contribution in [0.1, 0.15) is 59.5 Å². The SMILES string of the molecule is O=C1CCC(N2Cc3cc(CN4CCC(c5ncc6ccsc6n5)CC4)ccc3C2S)C(=O)N1. The van der Waals surface area contributed by atoms with Gasteiger partial charge in [-0.05, 0) is 60.5 Å². The maximum absolute atomic E-state index is 12.4. The Bertz CT molecular complexity index is 1250. The summed E-state index contributed by atoms with van der Waals surface area (Å²) in [5, 5.41) is 5.55. The van der Waals surface area contributed by atoms with Gasteiger partial charge >= 0.3 is 0 Å². The maximum Gasteiger partial charge on any atom is 0.243 e. The van der Waals surface area contributed by atoms with Crippen molar-refractivity contribution in [2.24, 2.45) is 0 Å². The molecule has 3 aliphatic rings.